The van der Waals surface area contributed by atoms with Gasteiger partial charge in [0.15, 0.2) is 0 Å². The van der Waals surface area contributed by atoms with Crippen molar-refractivity contribution in [3.63, 3.8) is 0 Å². The van der Waals surface area contributed by atoms with Gasteiger partial charge in [0.25, 0.3) is 0 Å². The van der Waals surface area contributed by atoms with Gasteiger partial charge in [-0.25, -0.2) is 4.79 Å². The summed E-state index contributed by atoms with van der Waals surface area (Å²) in [5.74, 6) is 2.73. The van der Waals surface area contributed by atoms with Gasteiger partial charge in [-0.15, -0.1) is 5.54 Å². The molecule has 0 aliphatic carbocycles. The van der Waals surface area contributed by atoms with Crippen LogP contribution in [0, 0.1) is 11.5 Å². The van der Waals surface area contributed by atoms with Crippen molar-refractivity contribution in [3.8, 4) is 11.5 Å². The van der Waals surface area contributed by atoms with Crippen molar-refractivity contribution in [2.75, 3.05) is 7.11 Å². The Morgan fingerprint density at radius 1 is 1.39 bits per heavy atom. The highest BCUT2D eigenvalue weighted by atomic mass is 28.3. The van der Waals surface area contributed by atoms with E-state index in [4.69, 9.17) is 0 Å². The lowest BCUT2D eigenvalue weighted by Crippen LogP contribution is -2.16. The quantitative estimate of drug-likeness (QED) is 0.354. The van der Waals surface area contributed by atoms with Crippen LogP contribution in [0.3, 0.4) is 0 Å². The summed E-state index contributed by atoms with van der Waals surface area (Å²) in [7, 11) is -0.0103. The molecule has 94 valence electrons. The average Bonchev–Trinajstić information content (AvgIpc) is 2.33. The standard InChI is InChI=1S/C14H17NO2Si/c1-17-14(16)8-7-13-6-5-12(11-15-13)9-10-18(2,3)4/h5-8,11H,1-4H3/b8-7+. The van der Waals surface area contributed by atoms with E-state index in [1.54, 1.807) is 12.3 Å². The molecule has 1 rings (SSSR count). The molecule has 0 unspecified atom stereocenters. The number of methoxy groups -OCH3 is 1. The highest BCUT2D eigenvalue weighted by Gasteiger charge is 2.07. The van der Waals surface area contributed by atoms with Gasteiger partial charge >= 0.3 is 5.97 Å². The number of ether oxygens (including phenoxy) is 1. The van der Waals surface area contributed by atoms with Crippen LogP contribution in [0.4, 0.5) is 0 Å². The van der Waals surface area contributed by atoms with E-state index in [9.17, 15) is 4.79 Å². The summed E-state index contributed by atoms with van der Waals surface area (Å²) in [6, 6.07) is 3.73. The number of carbonyl (C=O) groups excluding carboxylic acids is 1. The summed E-state index contributed by atoms with van der Waals surface area (Å²) in [5.41, 5.74) is 4.88. The molecule has 4 heteroatoms. The van der Waals surface area contributed by atoms with Gasteiger partial charge in [-0.1, -0.05) is 25.6 Å². The molecule has 0 atom stereocenters. The van der Waals surface area contributed by atoms with Crippen LogP contribution in [-0.4, -0.2) is 26.1 Å². The first-order chi connectivity index (χ1) is 8.40. The molecule has 1 aromatic rings. The van der Waals surface area contributed by atoms with Crippen LogP contribution in [-0.2, 0) is 9.53 Å². The molecule has 0 amide bonds. The summed E-state index contributed by atoms with van der Waals surface area (Å²) in [6.45, 7) is 6.59. The highest BCUT2D eigenvalue weighted by Crippen LogP contribution is 2.03. The fourth-order valence-electron chi connectivity index (χ4n) is 1.06. The molecule has 0 saturated carbocycles. The summed E-state index contributed by atoms with van der Waals surface area (Å²) in [4.78, 5) is 15.1. The van der Waals surface area contributed by atoms with Crippen LogP contribution >= 0.6 is 0 Å². The van der Waals surface area contributed by atoms with E-state index in [2.05, 4.69) is 40.8 Å². The molecule has 0 aliphatic heterocycles. The van der Waals surface area contributed by atoms with Crippen molar-refractivity contribution >= 4 is 20.1 Å². The summed E-state index contributed by atoms with van der Waals surface area (Å²) >= 11 is 0. The molecule has 0 saturated heterocycles. The smallest absolute Gasteiger partial charge is 0.330 e. The summed E-state index contributed by atoms with van der Waals surface area (Å²) in [6.07, 6.45) is 4.67. The Labute approximate surface area is 109 Å². The topological polar surface area (TPSA) is 39.2 Å². The lowest BCUT2D eigenvalue weighted by Gasteiger charge is -2.03. The molecule has 0 spiro atoms. The Balaban J connectivity index is 2.77. The van der Waals surface area contributed by atoms with Gasteiger partial charge in [-0.3, -0.25) is 4.98 Å². The number of aromatic nitrogens is 1. The number of pyridine rings is 1. The number of esters is 1. The van der Waals surface area contributed by atoms with E-state index in [1.165, 1.54) is 13.2 Å². The number of hydrogen-bond acceptors (Lipinski definition) is 3. The Hall–Kier alpha value is -1.86. The number of hydrogen-bond donors (Lipinski definition) is 0. The van der Waals surface area contributed by atoms with Crippen LogP contribution in [0.2, 0.25) is 19.6 Å². The van der Waals surface area contributed by atoms with Gasteiger partial charge < -0.3 is 4.74 Å². The van der Waals surface area contributed by atoms with E-state index in [0.29, 0.717) is 5.69 Å². The minimum absolute atomic E-state index is 0.389. The molecule has 0 aliphatic rings. The second-order valence-electron chi connectivity index (χ2n) is 4.83. The van der Waals surface area contributed by atoms with E-state index >= 15 is 0 Å². The van der Waals surface area contributed by atoms with Crippen molar-refractivity contribution in [2.24, 2.45) is 0 Å². The molecular weight excluding hydrogens is 242 g/mol. The monoisotopic (exact) mass is 259 g/mol. The van der Waals surface area contributed by atoms with Crippen molar-refractivity contribution in [1.82, 2.24) is 4.98 Å². The molecule has 1 heterocycles. The molecule has 18 heavy (non-hydrogen) atoms. The fraction of sp³-hybridized carbons (Fsp3) is 0.286. The first kappa shape index (κ1) is 14.2. The lowest BCUT2D eigenvalue weighted by atomic mass is 10.2. The highest BCUT2D eigenvalue weighted by molar-refractivity contribution is 6.83. The van der Waals surface area contributed by atoms with Crippen LogP contribution in [0.15, 0.2) is 24.4 Å². The van der Waals surface area contributed by atoms with Gasteiger partial charge in [0.1, 0.15) is 8.07 Å². The average molecular weight is 259 g/mol. The van der Waals surface area contributed by atoms with Crippen LogP contribution in [0.1, 0.15) is 11.3 Å². The minimum Gasteiger partial charge on any atom is -0.466 e. The first-order valence-corrected chi connectivity index (χ1v) is 9.16. The lowest BCUT2D eigenvalue weighted by molar-refractivity contribution is -0.134. The number of carbonyl (C=O) groups is 1. The van der Waals surface area contributed by atoms with E-state index in [0.717, 1.165) is 5.56 Å². The maximum atomic E-state index is 10.9. The van der Waals surface area contributed by atoms with Crippen molar-refractivity contribution < 1.29 is 9.53 Å². The van der Waals surface area contributed by atoms with E-state index in [-0.39, 0.29) is 5.97 Å². The molecule has 0 radical (unpaired) electrons. The maximum Gasteiger partial charge on any atom is 0.330 e. The fourth-order valence-corrected chi connectivity index (χ4v) is 1.58. The minimum atomic E-state index is -1.35. The number of nitrogens with zero attached hydrogens (tertiary/aromatic N) is 1. The molecule has 0 bridgehead atoms. The van der Waals surface area contributed by atoms with Gasteiger partial charge in [-0.05, 0) is 18.2 Å². The molecule has 3 nitrogen and oxygen atoms in total. The van der Waals surface area contributed by atoms with Crippen LogP contribution in [0.25, 0.3) is 6.08 Å². The second-order valence-corrected chi connectivity index (χ2v) is 9.58. The Kier molecular flexibility index (Phi) is 4.87. The molecule has 0 N–H and O–H groups in total. The van der Waals surface area contributed by atoms with Crippen molar-refractivity contribution in [3.05, 3.63) is 35.7 Å². The third kappa shape index (κ3) is 5.46. The zero-order chi connectivity index (χ0) is 13.6. The van der Waals surface area contributed by atoms with E-state index in [1.807, 2.05) is 12.1 Å². The van der Waals surface area contributed by atoms with Gasteiger partial charge in [0.05, 0.1) is 12.8 Å². The predicted octanol–water partition coefficient (Wildman–Crippen LogP) is 2.50. The van der Waals surface area contributed by atoms with Gasteiger partial charge in [0, 0.05) is 17.8 Å². The van der Waals surface area contributed by atoms with Crippen LogP contribution < -0.4 is 0 Å². The van der Waals surface area contributed by atoms with E-state index < -0.39 is 8.07 Å². The molecule has 0 aromatic carbocycles. The third-order valence-corrected chi connectivity index (χ3v) is 2.83. The molecule has 1 aromatic heterocycles. The zero-order valence-electron chi connectivity index (χ0n) is 11.2. The van der Waals surface area contributed by atoms with Gasteiger partial charge in [0.2, 0.25) is 0 Å². The Morgan fingerprint density at radius 3 is 2.61 bits per heavy atom. The van der Waals surface area contributed by atoms with Gasteiger partial charge in [-0.2, -0.15) is 0 Å². The SMILES string of the molecule is COC(=O)/C=C/c1ccc(C#C[Si](C)(C)C)cn1. The second kappa shape index (κ2) is 6.17. The number of rotatable bonds is 2. The Morgan fingerprint density at radius 2 is 2.11 bits per heavy atom. The summed E-state index contributed by atoms with van der Waals surface area (Å²) in [5, 5.41) is 0. The first-order valence-electron chi connectivity index (χ1n) is 5.66. The zero-order valence-corrected chi connectivity index (χ0v) is 12.2. The normalized spacial score (nSPS) is 10.9. The summed E-state index contributed by atoms with van der Waals surface area (Å²) < 4.78 is 4.50. The van der Waals surface area contributed by atoms with Crippen LogP contribution in [0.5, 0.6) is 0 Å². The molecular formula is C14H17NO2Si. The maximum absolute atomic E-state index is 10.9. The Bertz CT molecular complexity index is 501. The van der Waals surface area contributed by atoms with Crippen molar-refractivity contribution in [2.45, 2.75) is 19.6 Å². The third-order valence-electron chi connectivity index (χ3n) is 1.96. The van der Waals surface area contributed by atoms with Crippen molar-refractivity contribution in [1.29, 1.82) is 0 Å². The predicted molar refractivity (Wildman–Crippen MR) is 75.5 cm³/mol. The molecule has 0 fully saturated rings. The largest absolute Gasteiger partial charge is 0.466 e.